The lowest BCUT2D eigenvalue weighted by Gasteiger charge is -2.28. The van der Waals surface area contributed by atoms with Crippen molar-refractivity contribution in [1.82, 2.24) is 10.6 Å². The van der Waals surface area contributed by atoms with E-state index in [1.165, 1.54) is 7.11 Å². The van der Waals surface area contributed by atoms with E-state index in [1.807, 2.05) is 0 Å². The highest BCUT2D eigenvalue weighted by molar-refractivity contribution is 5.86. The quantitative estimate of drug-likeness (QED) is 0.624. The van der Waals surface area contributed by atoms with Gasteiger partial charge < -0.3 is 20.5 Å². The van der Waals surface area contributed by atoms with Gasteiger partial charge in [0.2, 0.25) is 0 Å². The number of hydrogen-bond acceptors (Lipinski definition) is 3. The fourth-order valence-electron chi connectivity index (χ4n) is 1.55. The van der Waals surface area contributed by atoms with Crippen LogP contribution in [-0.2, 0) is 9.53 Å². The van der Waals surface area contributed by atoms with E-state index in [0.29, 0.717) is 19.4 Å². The second kappa shape index (κ2) is 7.11. The van der Waals surface area contributed by atoms with Gasteiger partial charge in [-0.3, -0.25) is 0 Å². The number of carbonyl (C=O) groups is 2. The summed E-state index contributed by atoms with van der Waals surface area (Å²) in [5.74, 6) is -1.02. The lowest BCUT2D eigenvalue weighted by molar-refractivity contribution is -0.144. The molecule has 6 heteroatoms. The topological polar surface area (TPSA) is 87.7 Å². The number of carboxylic acid groups (broad SMARTS) is 1. The second-order valence-corrected chi connectivity index (χ2v) is 4.05. The van der Waals surface area contributed by atoms with Crippen LogP contribution in [0.5, 0.6) is 0 Å². The highest BCUT2D eigenvalue weighted by atomic mass is 16.5. The summed E-state index contributed by atoms with van der Waals surface area (Å²) in [7, 11) is 1.54. The Balaban J connectivity index is 4.47. The predicted octanol–water partition coefficient (Wildman–Crippen LogP) is 0.964. The Bertz CT molecular complexity index is 264. The van der Waals surface area contributed by atoms with Gasteiger partial charge in [-0.1, -0.05) is 13.8 Å². The molecule has 0 aliphatic heterocycles. The molecule has 0 saturated heterocycles. The number of carboxylic acids is 1. The molecule has 3 N–H and O–H groups in total. The van der Waals surface area contributed by atoms with Crippen molar-refractivity contribution >= 4 is 12.0 Å². The van der Waals surface area contributed by atoms with Crippen molar-refractivity contribution in [2.75, 3.05) is 13.7 Å². The Morgan fingerprint density at radius 2 is 1.88 bits per heavy atom. The lowest BCUT2D eigenvalue weighted by Crippen LogP contribution is -2.57. The number of nitrogens with one attached hydrogen (secondary N) is 2. The first-order chi connectivity index (χ1) is 7.91. The first-order valence-corrected chi connectivity index (χ1v) is 5.72. The highest BCUT2D eigenvalue weighted by Gasteiger charge is 2.36. The van der Waals surface area contributed by atoms with E-state index < -0.39 is 17.5 Å². The van der Waals surface area contributed by atoms with Crippen LogP contribution in [0.15, 0.2) is 0 Å². The molecule has 17 heavy (non-hydrogen) atoms. The van der Waals surface area contributed by atoms with Crippen LogP contribution in [-0.4, -0.2) is 42.4 Å². The lowest BCUT2D eigenvalue weighted by atomic mass is 9.93. The first kappa shape index (κ1) is 15.7. The monoisotopic (exact) mass is 246 g/mol. The molecule has 0 aliphatic carbocycles. The van der Waals surface area contributed by atoms with E-state index in [0.717, 1.165) is 0 Å². The molecule has 6 nitrogen and oxygen atoms in total. The Morgan fingerprint density at radius 1 is 1.35 bits per heavy atom. The van der Waals surface area contributed by atoms with Crippen LogP contribution in [0.25, 0.3) is 0 Å². The number of ether oxygens (including phenoxy) is 1. The molecule has 0 saturated carbocycles. The van der Waals surface area contributed by atoms with Gasteiger partial charge in [0.25, 0.3) is 0 Å². The van der Waals surface area contributed by atoms with Gasteiger partial charge in [0.05, 0.1) is 12.6 Å². The molecule has 0 aliphatic rings. The Hall–Kier alpha value is -1.30. The molecule has 0 aromatic carbocycles. The molecule has 0 radical (unpaired) electrons. The van der Waals surface area contributed by atoms with Crippen molar-refractivity contribution in [2.24, 2.45) is 0 Å². The van der Waals surface area contributed by atoms with E-state index in [4.69, 9.17) is 9.84 Å². The van der Waals surface area contributed by atoms with Crippen molar-refractivity contribution in [2.45, 2.75) is 45.2 Å². The number of hydrogen-bond donors (Lipinski definition) is 3. The van der Waals surface area contributed by atoms with Crippen LogP contribution in [0, 0.1) is 0 Å². The zero-order valence-corrected chi connectivity index (χ0v) is 10.9. The molecule has 0 bridgehead atoms. The zero-order valence-electron chi connectivity index (χ0n) is 10.9. The molecule has 0 heterocycles. The minimum Gasteiger partial charge on any atom is -0.480 e. The summed E-state index contributed by atoms with van der Waals surface area (Å²) in [5, 5.41) is 14.3. The molecule has 0 aromatic rings. The summed E-state index contributed by atoms with van der Waals surface area (Å²) in [6.45, 7) is 5.63. The van der Waals surface area contributed by atoms with Crippen molar-refractivity contribution in [3.63, 3.8) is 0 Å². The smallest absolute Gasteiger partial charge is 0.329 e. The summed E-state index contributed by atoms with van der Waals surface area (Å²) in [6, 6.07) is -0.652. The summed E-state index contributed by atoms with van der Waals surface area (Å²) < 4.78 is 4.88. The first-order valence-electron chi connectivity index (χ1n) is 5.72. The molecule has 100 valence electrons. The number of aliphatic carboxylic acids is 1. The number of amides is 2. The van der Waals surface area contributed by atoms with Gasteiger partial charge >= 0.3 is 12.0 Å². The molecule has 1 atom stereocenters. The van der Waals surface area contributed by atoms with E-state index in [2.05, 4.69) is 10.6 Å². The average molecular weight is 246 g/mol. The maximum absolute atomic E-state index is 11.6. The molecule has 0 rings (SSSR count). The summed E-state index contributed by atoms with van der Waals surface area (Å²) >= 11 is 0. The highest BCUT2D eigenvalue weighted by Crippen LogP contribution is 2.15. The van der Waals surface area contributed by atoms with E-state index >= 15 is 0 Å². The molecule has 0 fully saturated rings. The molecule has 2 amide bonds. The Morgan fingerprint density at radius 3 is 2.24 bits per heavy atom. The SMILES string of the molecule is CCC(CC)(NC(=O)NC(C)COC)C(=O)O. The van der Waals surface area contributed by atoms with Gasteiger partial charge in [0.15, 0.2) is 0 Å². The average Bonchev–Trinajstić information content (AvgIpc) is 2.25. The van der Waals surface area contributed by atoms with Gasteiger partial charge in [-0.05, 0) is 19.8 Å². The third-order valence-electron chi connectivity index (χ3n) is 2.76. The maximum atomic E-state index is 11.6. The molecule has 1 unspecified atom stereocenters. The van der Waals surface area contributed by atoms with Crippen molar-refractivity contribution < 1.29 is 19.4 Å². The molecular formula is C11H22N2O4. The third-order valence-corrected chi connectivity index (χ3v) is 2.76. The minimum absolute atomic E-state index is 0.166. The fourth-order valence-corrected chi connectivity index (χ4v) is 1.55. The Kier molecular flexibility index (Phi) is 6.57. The summed E-state index contributed by atoms with van der Waals surface area (Å²) in [4.78, 5) is 22.8. The van der Waals surface area contributed by atoms with E-state index in [9.17, 15) is 9.59 Å². The van der Waals surface area contributed by atoms with Crippen LogP contribution in [0.2, 0.25) is 0 Å². The van der Waals surface area contributed by atoms with Crippen LogP contribution in [0.4, 0.5) is 4.79 Å². The normalized spacial score (nSPS) is 12.9. The van der Waals surface area contributed by atoms with Crippen LogP contribution >= 0.6 is 0 Å². The number of carbonyl (C=O) groups excluding carboxylic acids is 1. The van der Waals surface area contributed by atoms with Crippen LogP contribution < -0.4 is 10.6 Å². The van der Waals surface area contributed by atoms with Crippen molar-refractivity contribution in [1.29, 1.82) is 0 Å². The summed E-state index contributed by atoms with van der Waals surface area (Å²) in [6.07, 6.45) is 0.676. The van der Waals surface area contributed by atoms with E-state index in [-0.39, 0.29) is 6.04 Å². The van der Waals surface area contributed by atoms with Crippen molar-refractivity contribution in [3.05, 3.63) is 0 Å². The Labute approximate surface area is 102 Å². The zero-order chi connectivity index (χ0) is 13.5. The van der Waals surface area contributed by atoms with Crippen molar-refractivity contribution in [3.8, 4) is 0 Å². The minimum atomic E-state index is -1.20. The van der Waals surface area contributed by atoms with E-state index in [1.54, 1.807) is 20.8 Å². The van der Waals surface area contributed by atoms with Crippen LogP contribution in [0.1, 0.15) is 33.6 Å². The van der Waals surface area contributed by atoms with Gasteiger partial charge in [-0.2, -0.15) is 0 Å². The van der Waals surface area contributed by atoms with Crippen LogP contribution in [0.3, 0.4) is 0 Å². The molecule has 0 spiro atoms. The second-order valence-electron chi connectivity index (χ2n) is 4.05. The third kappa shape index (κ3) is 4.60. The molecular weight excluding hydrogens is 224 g/mol. The van der Waals surface area contributed by atoms with Gasteiger partial charge in [0, 0.05) is 7.11 Å². The maximum Gasteiger partial charge on any atom is 0.329 e. The summed E-state index contributed by atoms with van der Waals surface area (Å²) in [5.41, 5.74) is -1.20. The van der Waals surface area contributed by atoms with Gasteiger partial charge in [-0.25, -0.2) is 9.59 Å². The fraction of sp³-hybridized carbons (Fsp3) is 0.818. The predicted molar refractivity (Wildman–Crippen MR) is 64.0 cm³/mol. The largest absolute Gasteiger partial charge is 0.480 e. The van der Waals surface area contributed by atoms with Gasteiger partial charge in [0.1, 0.15) is 5.54 Å². The standard InChI is InChI=1S/C11H22N2O4/c1-5-11(6-2,9(14)15)13-10(16)12-8(3)7-17-4/h8H,5-7H2,1-4H3,(H,14,15)(H2,12,13,16). The number of methoxy groups -OCH3 is 1. The number of rotatable bonds is 7. The number of urea groups is 1. The molecule has 0 aromatic heterocycles. The van der Waals surface area contributed by atoms with Gasteiger partial charge in [-0.15, -0.1) is 0 Å².